The van der Waals surface area contributed by atoms with E-state index in [1.54, 1.807) is 6.08 Å². The molecule has 0 saturated heterocycles. The first kappa shape index (κ1) is 9.36. The van der Waals surface area contributed by atoms with Crippen LogP contribution in [0.1, 0.15) is 13.3 Å². The minimum Gasteiger partial charge on any atom is -0.384 e. The van der Waals surface area contributed by atoms with E-state index in [1.807, 2.05) is 6.92 Å². The number of nitrogens with one attached hydrogen (secondary N) is 1. The highest BCUT2D eigenvalue weighted by molar-refractivity contribution is 9.19. The van der Waals surface area contributed by atoms with Crippen molar-refractivity contribution in [2.24, 2.45) is 10.7 Å². The fourth-order valence-corrected chi connectivity index (χ4v) is 0.495. The predicted molar refractivity (Wildman–Crippen MR) is 47.7 cm³/mol. The van der Waals surface area contributed by atoms with Crippen molar-refractivity contribution in [3.8, 4) is 0 Å². The predicted octanol–water partition coefficient (Wildman–Crippen LogP) is 1.64. The van der Waals surface area contributed by atoms with Gasteiger partial charge in [0.15, 0.2) is 0 Å². The molecule has 56 valence electrons. The summed E-state index contributed by atoms with van der Waals surface area (Å²) in [7, 11) is 0. The molecule has 0 unspecified atom stereocenters. The molecule has 0 aromatic heterocycles. The van der Waals surface area contributed by atoms with Crippen molar-refractivity contribution >= 4 is 26.8 Å². The summed E-state index contributed by atoms with van der Waals surface area (Å²) in [5, 5.41) is 6.90. The number of allylic oxidation sites excluding steroid dienone is 1. The molecule has 0 rings (SSSR count). The molecule has 0 aromatic carbocycles. The zero-order valence-electron chi connectivity index (χ0n) is 5.76. The Kier molecular flexibility index (Phi) is 4.84. The first-order chi connectivity index (χ1) is 4.66. The lowest BCUT2D eigenvalue weighted by molar-refractivity contribution is 1.14. The van der Waals surface area contributed by atoms with Crippen molar-refractivity contribution in [2.75, 3.05) is 0 Å². The van der Waals surface area contributed by atoms with E-state index in [9.17, 15) is 0 Å². The van der Waals surface area contributed by atoms with Crippen LogP contribution in [-0.4, -0.2) is 10.8 Å². The van der Waals surface area contributed by atoms with Crippen molar-refractivity contribution in [1.82, 2.24) is 0 Å². The largest absolute Gasteiger partial charge is 0.384 e. The number of aliphatic imine (C=N–C) groups is 1. The Hall–Kier alpha value is -0.640. The molecular weight excluding hydrogens is 194 g/mol. The lowest BCUT2D eigenvalue weighted by Gasteiger charge is -1.88. The normalized spacial score (nSPS) is 12.4. The van der Waals surface area contributed by atoms with E-state index in [0.29, 0.717) is 5.82 Å². The Labute approximate surface area is 68.7 Å². The van der Waals surface area contributed by atoms with E-state index in [1.165, 1.54) is 6.21 Å². The topological polar surface area (TPSA) is 62.2 Å². The zero-order valence-corrected chi connectivity index (χ0v) is 7.35. The number of rotatable bonds is 3. The standard InChI is InChI=1S/C6H10BrN3/c1-2-3-6(9)10-4-5(7)8/h3-4,8H,2,9H2,1H3/b6-3-,8-5?,10-4?. The molecule has 3 N–H and O–H groups in total. The molecular formula is C6H10BrN3. The van der Waals surface area contributed by atoms with Crippen molar-refractivity contribution < 1.29 is 0 Å². The maximum absolute atomic E-state index is 6.90. The fraction of sp³-hybridized carbons (Fsp3) is 0.333. The molecule has 0 bridgehead atoms. The summed E-state index contributed by atoms with van der Waals surface area (Å²) < 4.78 is 0.222. The number of nitrogens with two attached hydrogens (primary N) is 1. The van der Waals surface area contributed by atoms with Crippen molar-refractivity contribution in [3.63, 3.8) is 0 Å². The number of hydrogen-bond acceptors (Lipinski definition) is 3. The van der Waals surface area contributed by atoms with Gasteiger partial charge in [-0.3, -0.25) is 5.41 Å². The quantitative estimate of drug-likeness (QED) is 0.674. The maximum Gasteiger partial charge on any atom is 0.119 e. The van der Waals surface area contributed by atoms with E-state index >= 15 is 0 Å². The van der Waals surface area contributed by atoms with Crippen molar-refractivity contribution in [3.05, 3.63) is 11.9 Å². The van der Waals surface area contributed by atoms with Crippen LogP contribution in [0.2, 0.25) is 0 Å². The van der Waals surface area contributed by atoms with Gasteiger partial charge in [-0.15, -0.1) is 0 Å². The highest BCUT2D eigenvalue weighted by atomic mass is 79.9. The van der Waals surface area contributed by atoms with Crippen LogP contribution < -0.4 is 5.73 Å². The van der Waals surface area contributed by atoms with Gasteiger partial charge in [-0.05, 0) is 28.4 Å². The molecule has 0 radical (unpaired) electrons. The summed E-state index contributed by atoms with van der Waals surface area (Å²) in [6, 6.07) is 0. The van der Waals surface area contributed by atoms with Crippen LogP contribution in [0, 0.1) is 5.41 Å². The van der Waals surface area contributed by atoms with Crippen LogP contribution in [0.5, 0.6) is 0 Å². The van der Waals surface area contributed by atoms with Gasteiger partial charge in [-0.1, -0.05) is 6.92 Å². The summed E-state index contributed by atoms with van der Waals surface area (Å²) >= 11 is 2.91. The van der Waals surface area contributed by atoms with Crippen molar-refractivity contribution in [2.45, 2.75) is 13.3 Å². The summed E-state index contributed by atoms with van der Waals surface area (Å²) in [6.07, 6.45) is 3.99. The molecule has 0 spiro atoms. The van der Waals surface area contributed by atoms with Gasteiger partial charge >= 0.3 is 0 Å². The molecule has 0 heterocycles. The van der Waals surface area contributed by atoms with Gasteiger partial charge in [0.05, 0.1) is 6.21 Å². The summed E-state index contributed by atoms with van der Waals surface area (Å²) in [5.74, 6) is 0.451. The van der Waals surface area contributed by atoms with Gasteiger partial charge in [-0.25, -0.2) is 4.99 Å². The number of halogens is 1. The van der Waals surface area contributed by atoms with Gasteiger partial charge in [0.2, 0.25) is 0 Å². The van der Waals surface area contributed by atoms with E-state index < -0.39 is 0 Å². The smallest absolute Gasteiger partial charge is 0.119 e. The average Bonchev–Trinajstić information content (AvgIpc) is 1.85. The molecule has 0 saturated carbocycles. The van der Waals surface area contributed by atoms with Crippen LogP contribution in [0.15, 0.2) is 16.9 Å². The summed E-state index contributed by atoms with van der Waals surface area (Å²) in [5.41, 5.74) is 5.38. The third-order valence-corrected chi connectivity index (χ3v) is 0.945. The lowest BCUT2D eigenvalue weighted by Crippen LogP contribution is -1.95. The summed E-state index contributed by atoms with van der Waals surface area (Å²) in [4.78, 5) is 3.76. The monoisotopic (exact) mass is 203 g/mol. The fourth-order valence-electron chi connectivity index (χ4n) is 0.393. The molecule has 0 aromatic rings. The summed E-state index contributed by atoms with van der Waals surface area (Å²) in [6.45, 7) is 1.97. The van der Waals surface area contributed by atoms with Crippen LogP contribution in [0.4, 0.5) is 0 Å². The Balaban J connectivity index is 3.89. The van der Waals surface area contributed by atoms with Gasteiger partial charge in [0.25, 0.3) is 0 Å². The van der Waals surface area contributed by atoms with Crippen LogP contribution in [-0.2, 0) is 0 Å². The van der Waals surface area contributed by atoms with Gasteiger partial charge in [0, 0.05) is 0 Å². The highest BCUT2D eigenvalue weighted by Gasteiger charge is 1.82. The third kappa shape index (κ3) is 5.50. The van der Waals surface area contributed by atoms with Crippen LogP contribution in [0.25, 0.3) is 0 Å². The van der Waals surface area contributed by atoms with E-state index in [0.717, 1.165) is 6.42 Å². The Morgan fingerprint density at radius 1 is 1.80 bits per heavy atom. The first-order valence-electron chi connectivity index (χ1n) is 2.90. The third-order valence-electron chi connectivity index (χ3n) is 0.740. The van der Waals surface area contributed by atoms with Gasteiger partial charge < -0.3 is 5.73 Å². The van der Waals surface area contributed by atoms with E-state index in [4.69, 9.17) is 11.1 Å². The number of nitrogens with zero attached hydrogens (tertiary/aromatic N) is 1. The molecule has 3 nitrogen and oxygen atoms in total. The lowest BCUT2D eigenvalue weighted by atomic mass is 10.4. The Bertz CT molecular complexity index is 172. The minimum atomic E-state index is 0.222. The molecule has 4 heteroatoms. The Morgan fingerprint density at radius 3 is 2.80 bits per heavy atom. The second-order valence-electron chi connectivity index (χ2n) is 1.64. The van der Waals surface area contributed by atoms with Crippen LogP contribution in [0.3, 0.4) is 0 Å². The minimum absolute atomic E-state index is 0.222. The molecule has 0 fully saturated rings. The second-order valence-corrected chi connectivity index (χ2v) is 2.50. The number of hydrogen-bond donors (Lipinski definition) is 2. The first-order valence-corrected chi connectivity index (χ1v) is 3.70. The molecule has 10 heavy (non-hydrogen) atoms. The molecule has 0 aliphatic carbocycles. The van der Waals surface area contributed by atoms with Crippen molar-refractivity contribution in [1.29, 1.82) is 5.41 Å². The zero-order chi connectivity index (χ0) is 7.98. The van der Waals surface area contributed by atoms with Gasteiger partial charge in [0.1, 0.15) is 10.4 Å². The van der Waals surface area contributed by atoms with Gasteiger partial charge in [-0.2, -0.15) is 0 Å². The Morgan fingerprint density at radius 2 is 2.40 bits per heavy atom. The molecule has 0 aliphatic heterocycles. The second kappa shape index (κ2) is 5.17. The SMILES string of the molecule is CC/C=C(/N)N=CC(=N)Br. The average molecular weight is 204 g/mol. The highest BCUT2D eigenvalue weighted by Crippen LogP contribution is 1.89. The van der Waals surface area contributed by atoms with Crippen LogP contribution >= 0.6 is 15.9 Å². The molecule has 0 atom stereocenters. The molecule has 0 aliphatic rings. The van der Waals surface area contributed by atoms with E-state index in [-0.39, 0.29) is 4.62 Å². The maximum atomic E-state index is 6.90. The van der Waals surface area contributed by atoms with E-state index in [2.05, 4.69) is 20.9 Å². The molecule has 0 amide bonds.